The Morgan fingerprint density at radius 3 is 2.44 bits per heavy atom. The molecule has 1 amide bonds. The summed E-state index contributed by atoms with van der Waals surface area (Å²) in [6, 6.07) is 0.147. The van der Waals surface area contributed by atoms with Gasteiger partial charge in [0.1, 0.15) is 6.33 Å². The van der Waals surface area contributed by atoms with Crippen LogP contribution in [0.2, 0.25) is 0 Å². The van der Waals surface area contributed by atoms with E-state index in [1.165, 1.54) is 6.33 Å². The van der Waals surface area contributed by atoms with Gasteiger partial charge in [-0.2, -0.15) is 5.10 Å². The zero-order valence-electron chi connectivity index (χ0n) is 11.4. The van der Waals surface area contributed by atoms with E-state index >= 15 is 0 Å². The van der Waals surface area contributed by atoms with Gasteiger partial charge in [-0.25, -0.2) is 4.98 Å². The Hall–Kier alpha value is -1.43. The standard InChI is InChI=1S/C12H21N5O/c1-11(2)5-8(6-12(3,4)17-11)15-10(18)9-13-7-14-16-9/h7-8,17H,5-6H2,1-4H3,(H,15,18)(H,13,14,16). The van der Waals surface area contributed by atoms with Crippen LogP contribution in [0.3, 0.4) is 0 Å². The Labute approximate surface area is 107 Å². The number of carbonyl (C=O) groups excluding carboxylic acids is 1. The lowest BCUT2D eigenvalue weighted by Gasteiger charge is -2.46. The molecule has 0 unspecified atom stereocenters. The third-order valence-electron chi connectivity index (χ3n) is 3.16. The van der Waals surface area contributed by atoms with Crippen molar-refractivity contribution in [3.05, 3.63) is 12.2 Å². The van der Waals surface area contributed by atoms with Crippen molar-refractivity contribution >= 4 is 5.91 Å². The summed E-state index contributed by atoms with van der Waals surface area (Å²) in [4.78, 5) is 15.8. The first kappa shape index (κ1) is 13.0. The second-order valence-electron chi connectivity index (χ2n) is 6.31. The van der Waals surface area contributed by atoms with Gasteiger partial charge in [-0.3, -0.25) is 9.89 Å². The smallest absolute Gasteiger partial charge is 0.288 e. The maximum atomic E-state index is 11.9. The quantitative estimate of drug-likeness (QED) is 0.727. The van der Waals surface area contributed by atoms with Crippen molar-refractivity contribution in [2.45, 2.75) is 57.7 Å². The molecule has 0 spiro atoms. The molecule has 1 saturated heterocycles. The van der Waals surface area contributed by atoms with Crippen LogP contribution in [0.5, 0.6) is 0 Å². The molecule has 2 rings (SSSR count). The molecule has 1 aliphatic rings. The van der Waals surface area contributed by atoms with Crippen molar-refractivity contribution in [1.29, 1.82) is 0 Å². The van der Waals surface area contributed by atoms with Crippen LogP contribution in [0.25, 0.3) is 0 Å². The van der Waals surface area contributed by atoms with E-state index < -0.39 is 0 Å². The Bertz CT molecular complexity index is 408. The van der Waals surface area contributed by atoms with Gasteiger partial charge in [0.05, 0.1) is 0 Å². The van der Waals surface area contributed by atoms with Gasteiger partial charge in [0.15, 0.2) is 0 Å². The third-order valence-corrected chi connectivity index (χ3v) is 3.16. The van der Waals surface area contributed by atoms with E-state index in [1.54, 1.807) is 0 Å². The first-order chi connectivity index (χ1) is 8.27. The van der Waals surface area contributed by atoms with Gasteiger partial charge in [0, 0.05) is 17.1 Å². The maximum absolute atomic E-state index is 11.9. The van der Waals surface area contributed by atoms with Crippen molar-refractivity contribution in [3.8, 4) is 0 Å². The Morgan fingerprint density at radius 2 is 1.94 bits per heavy atom. The molecule has 0 saturated carbocycles. The van der Waals surface area contributed by atoms with Crippen LogP contribution in [0.1, 0.15) is 51.2 Å². The molecule has 0 atom stereocenters. The fraction of sp³-hybridized carbons (Fsp3) is 0.750. The van der Waals surface area contributed by atoms with Crippen LogP contribution in [0.15, 0.2) is 6.33 Å². The van der Waals surface area contributed by atoms with Gasteiger partial charge in [0.2, 0.25) is 5.82 Å². The highest BCUT2D eigenvalue weighted by molar-refractivity contribution is 5.90. The largest absolute Gasteiger partial charge is 0.346 e. The average Bonchev–Trinajstić information content (AvgIpc) is 2.63. The zero-order chi connectivity index (χ0) is 13.4. The number of hydrogen-bond acceptors (Lipinski definition) is 4. The van der Waals surface area contributed by atoms with Crippen LogP contribution in [-0.2, 0) is 0 Å². The Balaban J connectivity index is 2.03. The third kappa shape index (κ3) is 3.07. The summed E-state index contributed by atoms with van der Waals surface area (Å²) in [5.74, 6) is 0.0788. The van der Waals surface area contributed by atoms with E-state index in [0.717, 1.165) is 12.8 Å². The minimum Gasteiger partial charge on any atom is -0.346 e. The van der Waals surface area contributed by atoms with Crippen LogP contribution in [-0.4, -0.2) is 38.2 Å². The average molecular weight is 251 g/mol. The first-order valence-electron chi connectivity index (χ1n) is 6.23. The normalized spacial score (nSPS) is 22.7. The fourth-order valence-corrected chi connectivity index (χ4v) is 2.99. The highest BCUT2D eigenvalue weighted by Crippen LogP contribution is 2.28. The Kier molecular flexibility index (Phi) is 3.14. The van der Waals surface area contributed by atoms with Gasteiger partial charge in [-0.1, -0.05) is 0 Å². The molecule has 2 heterocycles. The summed E-state index contributed by atoms with van der Waals surface area (Å²) >= 11 is 0. The highest BCUT2D eigenvalue weighted by atomic mass is 16.2. The van der Waals surface area contributed by atoms with Gasteiger partial charge in [-0.15, -0.1) is 0 Å². The molecule has 0 aliphatic carbocycles. The molecule has 0 bridgehead atoms. The van der Waals surface area contributed by atoms with E-state index in [-0.39, 0.29) is 28.9 Å². The minimum absolute atomic E-state index is 0.0150. The second-order valence-corrected chi connectivity index (χ2v) is 6.31. The lowest BCUT2D eigenvalue weighted by molar-refractivity contribution is 0.0863. The molecule has 3 N–H and O–H groups in total. The van der Waals surface area contributed by atoms with Gasteiger partial charge >= 0.3 is 0 Å². The molecule has 100 valence electrons. The first-order valence-corrected chi connectivity index (χ1v) is 6.23. The molecule has 6 nitrogen and oxygen atoms in total. The van der Waals surface area contributed by atoms with E-state index in [9.17, 15) is 4.79 Å². The van der Waals surface area contributed by atoms with E-state index in [4.69, 9.17) is 0 Å². The molecule has 0 aromatic carbocycles. The number of H-pyrrole nitrogens is 1. The molecule has 1 aromatic rings. The minimum atomic E-state index is -0.189. The fourth-order valence-electron chi connectivity index (χ4n) is 2.99. The number of aromatic nitrogens is 3. The molecule has 1 aliphatic heterocycles. The number of hydrogen-bond donors (Lipinski definition) is 3. The number of amides is 1. The van der Waals surface area contributed by atoms with Crippen LogP contribution >= 0.6 is 0 Å². The summed E-state index contributed by atoms with van der Waals surface area (Å²) in [6.07, 6.45) is 3.14. The molecule has 0 radical (unpaired) electrons. The van der Waals surface area contributed by atoms with E-state index in [0.29, 0.717) is 0 Å². The topological polar surface area (TPSA) is 82.7 Å². The van der Waals surface area contributed by atoms with Crippen molar-refractivity contribution in [1.82, 2.24) is 25.8 Å². The molecule has 1 fully saturated rings. The molecule has 1 aromatic heterocycles. The summed E-state index contributed by atoms with van der Waals surface area (Å²) in [6.45, 7) is 8.62. The summed E-state index contributed by atoms with van der Waals surface area (Å²) in [5.41, 5.74) is 0.0300. The van der Waals surface area contributed by atoms with E-state index in [1.807, 2.05) is 0 Å². The van der Waals surface area contributed by atoms with Crippen LogP contribution in [0.4, 0.5) is 0 Å². The number of piperidine rings is 1. The SMILES string of the molecule is CC1(C)CC(NC(=O)c2ncn[nH]2)CC(C)(C)N1. The van der Waals surface area contributed by atoms with Gasteiger partial charge < -0.3 is 10.6 Å². The number of carbonyl (C=O) groups is 1. The van der Waals surface area contributed by atoms with Crippen molar-refractivity contribution in [3.63, 3.8) is 0 Å². The summed E-state index contributed by atoms with van der Waals surface area (Å²) in [5, 5.41) is 12.9. The molecule has 18 heavy (non-hydrogen) atoms. The second kappa shape index (κ2) is 4.35. The number of nitrogens with zero attached hydrogens (tertiary/aromatic N) is 2. The zero-order valence-corrected chi connectivity index (χ0v) is 11.4. The van der Waals surface area contributed by atoms with Gasteiger partial charge in [0.25, 0.3) is 5.91 Å². The summed E-state index contributed by atoms with van der Waals surface area (Å²) < 4.78 is 0. The van der Waals surface area contributed by atoms with Crippen LogP contribution < -0.4 is 10.6 Å². The summed E-state index contributed by atoms with van der Waals surface area (Å²) in [7, 11) is 0. The van der Waals surface area contributed by atoms with Gasteiger partial charge in [-0.05, 0) is 40.5 Å². The molecule has 6 heteroatoms. The number of aromatic amines is 1. The molecular weight excluding hydrogens is 230 g/mol. The van der Waals surface area contributed by atoms with Crippen LogP contribution in [0, 0.1) is 0 Å². The monoisotopic (exact) mass is 251 g/mol. The lowest BCUT2D eigenvalue weighted by Crippen LogP contribution is -2.62. The Morgan fingerprint density at radius 1 is 1.33 bits per heavy atom. The predicted molar refractivity (Wildman–Crippen MR) is 68.2 cm³/mol. The number of nitrogens with one attached hydrogen (secondary N) is 3. The van der Waals surface area contributed by atoms with Crippen molar-refractivity contribution < 1.29 is 4.79 Å². The van der Waals surface area contributed by atoms with Crippen molar-refractivity contribution in [2.75, 3.05) is 0 Å². The molecular formula is C12H21N5O. The predicted octanol–water partition coefficient (Wildman–Crippen LogP) is 0.844. The number of rotatable bonds is 2. The van der Waals surface area contributed by atoms with E-state index in [2.05, 4.69) is 53.5 Å². The van der Waals surface area contributed by atoms with Crippen molar-refractivity contribution in [2.24, 2.45) is 0 Å². The highest BCUT2D eigenvalue weighted by Gasteiger charge is 2.38. The lowest BCUT2D eigenvalue weighted by atomic mass is 9.79. The maximum Gasteiger partial charge on any atom is 0.288 e.